The number of hydrogen-bond donors (Lipinski definition) is 0. The third-order valence-corrected chi connectivity index (χ3v) is 3.99. The summed E-state index contributed by atoms with van der Waals surface area (Å²) >= 11 is 0. The molecule has 0 N–H and O–H groups in total. The molecule has 8 heteroatoms. The number of nitrogens with zero attached hydrogens (tertiary/aromatic N) is 3. The van der Waals surface area contributed by atoms with E-state index in [4.69, 9.17) is 9.47 Å². The molecule has 0 saturated heterocycles. The van der Waals surface area contributed by atoms with Crippen molar-refractivity contribution in [3.8, 4) is 22.8 Å². The number of aromatic nitrogens is 3. The first-order chi connectivity index (χ1) is 14.0. The van der Waals surface area contributed by atoms with Gasteiger partial charge >= 0.3 is 11.9 Å². The summed E-state index contributed by atoms with van der Waals surface area (Å²) in [7, 11) is 4.49. The van der Waals surface area contributed by atoms with E-state index in [0.717, 1.165) is 0 Å². The molecule has 3 aromatic rings. The zero-order valence-corrected chi connectivity index (χ0v) is 16.2. The predicted octanol–water partition coefficient (Wildman–Crippen LogP) is 2.90. The van der Waals surface area contributed by atoms with Gasteiger partial charge in [0.1, 0.15) is 11.3 Å². The third kappa shape index (κ3) is 4.67. The first kappa shape index (κ1) is 19.8. The van der Waals surface area contributed by atoms with Crippen LogP contribution in [0.15, 0.2) is 55.0 Å². The van der Waals surface area contributed by atoms with Gasteiger partial charge in [0.2, 0.25) is 0 Å². The van der Waals surface area contributed by atoms with E-state index in [1.54, 1.807) is 56.0 Å². The van der Waals surface area contributed by atoms with Gasteiger partial charge in [-0.05, 0) is 35.9 Å². The molecule has 0 saturated carbocycles. The average Bonchev–Trinajstić information content (AvgIpc) is 3.15. The number of aryl methyl sites for hydroxylation is 1. The zero-order valence-electron chi connectivity index (χ0n) is 16.2. The van der Waals surface area contributed by atoms with Crippen molar-refractivity contribution in [3.05, 3.63) is 66.1 Å². The Hall–Kier alpha value is -3.94. The van der Waals surface area contributed by atoms with Crippen LogP contribution in [-0.2, 0) is 16.6 Å². The second-order valence-corrected chi connectivity index (χ2v) is 5.96. The summed E-state index contributed by atoms with van der Waals surface area (Å²) < 4.78 is 17.0. The quantitative estimate of drug-likeness (QED) is 0.361. The molecule has 148 valence electrons. The van der Waals surface area contributed by atoms with Gasteiger partial charge in [-0.15, -0.1) is 0 Å². The molecule has 1 aromatic carbocycles. The van der Waals surface area contributed by atoms with Gasteiger partial charge in [0.05, 0.1) is 14.2 Å². The monoisotopic (exact) mass is 393 g/mol. The molecule has 0 radical (unpaired) electrons. The minimum absolute atomic E-state index is 0.244. The first-order valence-electron chi connectivity index (χ1n) is 8.62. The Bertz CT molecular complexity index is 1060. The Balaban J connectivity index is 1.86. The van der Waals surface area contributed by atoms with Gasteiger partial charge in [-0.1, -0.05) is 6.07 Å². The third-order valence-electron chi connectivity index (χ3n) is 3.99. The molecule has 0 aliphatic heterocycles. The number of carbonyl (C=O) groups is 2. The lowest BCUT2D eigenvalue weighted by Gasteiger charge is -2.10. The van der Waals surface area contributed by atoms with Gasteiger partial charge in [0.25, 0.3) is 0 Å². The van der Waals surface area contributed by atoms with Gasteiger partial charge in [-0.3, -0.25) is 9.67 Å². The van der Waals surface area contributed by atoms with Crippen LogP contribution < -0.4 is 9.47 Å². The van der Waals surface area contributed by atoms with Gasteiger partial charge in [-0.2, -0.15) is 5.10 Å². The summed E-state index contributed by atoms with van der Waals surface area (Å²) in [5, 5.41) is 4.34. The van der Waals surface area contributed by atoms with Crippen LogP contribution in [0.25, 0.3) is 17.3 Å². The second kappa shape index (κ2) is 8.83. The SMILES string of the molecule is COC(=O)/C=C/c1ccc(OC(=O)c2cn(C)nc2-c2cccnc2)c(OC)c1. The van der Waals surface area contributed by atoms with Crippen molar-refractivity contribution < 1.29 is 23.8 Å². The molecule has 29 heavy (non-hydrogen) atoms. The Kier molecular flexibility index (Phi) is 6.03. The zero-order chi connectivity index (χ0) is 20.8. The molecule has 0 fully saturated rings. The van der Waals surface area contributed by atoms with E-state index in [0.29, 0.717) is 28.1 Å². The number of carbonyl (C=O) groups excluding carboxylic acids is 2. The highest BCUT2D eigenvalue weighted by molar-refractivity contribution is 5.97. The van der Waals surface area contributed by atoms with Crippen molar-refractivity contribution in [1.82, 2.24) is 14.8 Å². The highest BCUT2D eigenvalue weighted by Crippen LogP contribution is 2.30. The molecule has 0 spiro atoms. The Labute approximate surface area is 167 Å². The lowest BCUT2D eigenvalue weighted by molar-refractivity contribution is -0.134. The summed E-state index contributed by atoms with van der Waals surface area (Å²) in [5.74, 6) is -0.460. The van der Waals surface area contributed by atoms with Crippen molar-refractivity contribution in [1.29, 1.82) is 0 Å². The van der Waals surface area contributed by atoms with E-state index >= 15 is 0 Å². The molecule has 0 bridgehead atoms. The minimum Gasteiger partial charge on any atom is -0.493 e. The fourth-order valence-electron chi connectivity index (χ4n) is 2.61. The van der Waals surface area contributed by atoms with Gasteiger partial charge in [0, 0.05) is 37.3 Å². The Morgan fingerprint density at radius 2 is 1.97 bits per heavy atom. The van der Waals surface area contributed by atoms with Crippen molar-refractivity contribution >= 4 is 18.0 Å². The number of hydrogen-bond acceptors (Lipinski definition) is 7. The predicted molar refractivity (Wildman–Crippen MR) is 105 cm³/mol. The van der Waals surface area contributed by atoms with Crippen LogP contribution in [0.1, 0.15) is 15.9 Å². The number of rotatable bonds is 6. The lowest BCUT2D eigenvalue weighted by Crippen LogP contribution is -2.10. The molecule has 2 aromatic heterocycles. The molecule has 0 amide bonds. The van der Waals surface area contributed by atoms with E-state index in [1.165, 1.54) is 25.0 Å². The maximum atomic E-state index is 12.8. The van der Waals surface area contributed by atoms with E-state index in [9.17, 15) is 9.59 Å². The van der Waals surface area contributed by atoms with Crippen LogP contribution in [0.4, 0.5) is 0 Å². The number of benzene rings is 1. The lowest BCUT2D eigenvalue weighted by atomic mass is 10.1. The maximum absolute atomic E-state index is 12.8. The molecule has 0 atom stereocenters. The fraction of sp³-hybridized carbons (Fsp3) is 0.143. The highest BCUT2D eigenvalue weighted by Gasteiger charge is 2.20. The van der Waals surface area contributed by atoms with Crippen LogP contribution in [-0.4, -0.2) is 40.9 Å². The van der Waals surface area contributed by atoms with E-state index in [1.807, 2.05) is 6.07 Å². The summed E-state index contributed by atoms with van der Waals surface area (Å²) in [5.41, 5.74) is 2.17. The number of methoxy groups -OCH3 is 2. The van der Waals surface area contributed by atoms with E-state index < -0.39 is 11.9 Å². The Morgan fingerprint density at radius 1 is 1.14 bits per heavy atom. The molecule has 8 nitrogen and oxygen atoms in total. The van der Waals surface area contributed by atoms with Crippen LogP contribution in [0, 0.1) is 0 Å². The van der Waals surface area contributed by atoms with Crippen LogP contribution in [0.2, 0.25) is 0 Å². The molecule has 3 rings (SSSR count). The van der Waals surface area contributed by atoms with E-state index in [2.05, 4.69) is 14.8 Å². The van der Waals surface area contributed by atoms with Crippen LogP contribution in [0.5, 0.6) is 11.5 Å². The standard InChI is InChI=1S/C21H19N3O5/c1-24-13-16(20(23-24)15-5-4-10-22-12-15)21(26)29-17-8-6-14(11-18(17)27-2)7-9-19(25)28-3/h4-13H,1-3H3/b9-7+. The van der Waals surface area contributed by atoms with Crippen molar-refractivity contribution in [2.24, 2.45) is 7.05 Å². The van der Waals surface area contributed by atoms with Gasteiger partial charge in [-0.25, -0.2) is 9.59 Å². The summed E-state index contributed by atoms with van der Waals surface area (Å²) in [6, 6.07) is 8.51. The number of pyridine rings is 1. The topological polar surface area (TPSA) is 92.5 Å². The van der Waals surface area contributed by atoms with Crippen LogP contribution >= 0.6 is 0 Å². The van der Waals surface area contributed by atoms with Gasteiger partial charge in [0.15, 0.2) is 11.5 Å². The molecular formula is C21H19N3O5. The summed E-state index contributed by atoms with van der Waals surface area (Å²) in [4.78, 5) is 28.1. The van der Waals surface area contributed by atoms with E-state index in [-0.39, 0.29) is 5.75 Å². The average molecular weight is 393 g/mol. The van der Waals surface area contributed by atoms with Crippen molar-refractivity contribution in [3.63, 3.8) is 0 Å². The minimum atomic E-state index is -0.576. The highest BCUT2D eigenvalue weighted by atomic mass is 16.6. The largest absolute Gasteiger partial charge is 0.493 e. The Morgan fingerprint density at radius 3 is 2.66 bits per heavy atom. The van der Waals surface area contributed by atoms with Crippen molar-refractivity contribution in [2.45, 2.75) is 0 Å². The molecule has 2 heterocycles. The number of esters is 2. The first-order valence-corrected chi connectivity index (χ1v) is 8.62. The second-order valence-electron chi connectivity index (χ2n) is 5.96. The molecule has 0 aliphatic rings. The fourth-order valence-corrected chi connectivity index (χ4v) is 2.61. The molecule has 0 aliphatic carbocycles. The van der Waals surface area contributed by atoms with Gasteiger partial charge < -0.3 is 14.2 Å². The summed E-state index contributed by atoms with van der Waals surface area (Å²) in [6.07, 6.45) is 7.72. The van der Waals surface area contributed by atoms with Crippen molar-refractivity contribution in [2.75, 3.05) is 14.2 Å². The smallest absolute Gasteiger partial charge is 0.347 e. The van der Waals surface area contributed by atoms with Crippen LogP contribution in [0.3, 0.4) is 0 Å². The normalized spacial score (nSPS) is 10.7. The molecule has 0 unspecified atom stereocenters. The summed E-state index contributed by atoms with van der Waals surface area (Å²) in [6.45, 7) is 0. The number of ether oxygens (including phenoxy) is 3. The maximum Gasteiger partial charge on any atom is 0.347 e. The molecular weight excluding hydrogens is 374 g/mol.